The molecule has 0 radical (unpaired) electrons. The van der Waals surface area contributed by atoms with Crippen molar-refractivity contribution in [3.63, 3.8) is 0 Å². The van der Waals surface area contributed by atoms with Gasteiger partial charge in [-0.2, -0.15) is 0 Å². The maximum absolute atomic E-state index is 12.1. The largest absolute Gasteiger partial charge is 0.451 e. The molecule has 2 amide bonds. The molecule has 0 spiro atoms. The second-order valence-electron chi connectivity index (χ2n) is 5.35. The number of furan rings is 1. The molecule has 0 aliphatic carbocycles. The monoisotopic (exact) mass is 429 g/mol. The number of hydrogen-bond acceptors (Lipinski definition) is 5. The van der Waals surface area contributed by atoms with Crippen molar-refractivity contribution in [3.05, 3.63) is 86.6 Å². The fourth-order valence-corrected chi connectivity index (χ4v) is 2.56. The quantitative estimate of drug-likeness (QED) is 0.484. The smallest absolute Gasteiger partial charge is 0.305 e. The number of nitrogens with zero attached hydrogens (tertiary/aromatic N) is 1. The van der Waals surface area contributed by atoms with E-state index in [4.69, 9.17) is 4.42 Å². The Kier molecular flexibility index (Phi) is 5.32. The van der Waals surface area contributed by atoms with Crippen molar-refractivity contribution in [1.29, 1.82) is 0 Å². The van der Waals surface area contributed by atoms with E-state index in [1.165, 1.54) is 30.3 Å². The summed E-state index contributed by atoms with van der Waals surface area (Å²) in [5.74, 6) is -1.11. The van der Waals surface area contributed by atoms with Crippen molar-refractivity contribution < 1.29 is 18.9 Å². The Hall–Kier alpha value is -3.46. The van der Waals surface area contributed by atoms with Crippen LogP contribution in [0.15, 0.2) is 69.6 Å². The first-order valence-electron chi connectivity index (χ1n) is 7.65. The van der Waals surface area contributed by atoms with Gasteiger partial charge in [0.15, 0.2) is 5.76 Å². The fraction of sp³-hybridized carbons (Fsp3) is 0. The van der Waals surface area contributed by atoms with Gasteiger partial charge in [-0.05, 0) is 42.5 Å². The highest BCUT2D eigenvalue weighted by Gasteiger charge is 2.19. The molecule has 0 saturated carbocycles. The fourth-order valence-electron chi connectivity index (χ4n) is 2.29. The number of hydrazine groups is 1. The van der Waals surface area contributed by atoms with Crippen molar-refractivity contribution in [2.75, 3.05) is 0 Å². The van der Waals surface area contributed by atoms with Crippen molar-refractivity contribution in [2.24, 2.45) is 0 Å². The first kappa shape index (κ1) is 18.3. The summed E-state index contributed by atoms with van der Waals surface area (Å²) in [4.78, 5) is 34.7. The first-order valence-corrected chi connectivity index (χ1v) is 8.45. The molecule has 8 nitrogen and oxygen atoms in total. The molecule has 0 aliphatic heterocycles. The summed E-state index contributed by atoms with van der Waals surface area (Å²) < 4.78 is 6.22. The Labute approximate surface area is 161 Å². The SMILES string of the molecule is O=C(NNC(=O)c1ccc(-c2ccccc2[N+](=O)[O-])o1)c1ccc(Br)cc1. The average molecular weight is 430 g/mol. The van der Waals surface area contributed by atoms with Crippen molar-refractivity contribution in [1.82, 2.24) is 10.9 Å². The third-order valence-corrected chi connectivity index (χ3v) is 4.12. The van der Waals surface area contributed by atoms with Gasteiger partial charge in [-0.1, -0.05) is 28.1 Å². The highest BCUT2D eigenvalue weighted by molar-refractivity contribution is 9.10. The molecule has 3 rings (SSSR count). The number of nitro groups is 1. The normalized spacial score (nSPS) is 10.3. The lowest BCUT2D eigenvalue weighted by Crippen LogP contribution is -2.41. The predicted molar refractivity (Wildman–Crippen MR) is 99.9 cm³/mol. The number of para-hydroxylation sites is 1. The summed E-state index contributed by atoms with van der Waals surface area (Å²) in [5, 5.41) is 11.1. The minimum Gasteiger partial charge on any atom is -0.451 e. The summed E-state index contributed by atoms with van der Waals surface area (Å²) in [6, 6.07) is 15.4. The number of halogens is 1. The predicted octanol–water partition coefficient (Wildman–Crippen LogP) is 3.69. The van der Waals surface area contributed by atoms with Crippen LogP contribution in [0, 0.1) is 10.1 Å². The molecule has 2 N–H and O–H groups in total. The van der Waals surface area contributed by atoms with Gasteiger partial charge in [-0.15, -0.1) is 0 Å². The van der Waals surface area contributed by atoms with E-state index < -0.39 is 16.7 Å². The number of benzene rings is 2. The van der Waals surface area contributed by atoms with E-state index in [1.54, 1.807) is 30.3 Å². The van der Waals surface area contributed by atoms with Gasteiger partial charge in [0.1, 0.15) is 5.76 Å². The number of amides is 2. The third kappa shape index (κ3) is 4.21. The molecular weight excluding hydrogens is 418 g/mol. The molecule has 1 aromatic heterocycles. The molecule has 2 aromatic carbocycles. The number of carbonyl (C=O) groups excluding carboxylic acids is 2. The van der Waals surface area contributed by atoms with Crippen LogP contribution < -0.4 is 10.9 Å². The summed E-state index contributed by atoms with van der Waals surface area (Å²) in [5.41, 5.74) is 4.98. The zero-order chi connectivity index (χ0) is 19.4. The lowest BCUT2D eigenvalue weighted by Gasteiger charge is -2.06. The first-order chi connectivity index (χ1) is 13.0. The topological polar surface area (TPSA) is 114 Å². The molecule has 136 valence electrons. The Bertz CT molecular complexity index is 1010. The van der Waals surface area contributed by atoms with Crippen molar-refractivity contribution in [3.8, 4) is 11.3 Å². The van der Waals surface area contributed by atoms with Gasteiger partial charge in [0.25, 0.3) is 11.6 Å². The molecule has 3 aromatic rings. The maximum atomic E-state index is 12.1. The standard InChI is InChI=1S/C18H12BrN3O5/c19-12-7-5-11(6-8-12)17(23)20-21-18(24)16-10-9-15(27-16)13-3-1-2-4-14(13)22(25)26/h1-10H,(H,20,23)(H,21,24). The maximum Gasteiger partial charge on any atom is 0.305 e. The number of hydrogen-bond donors (Lipinski definition) is 2. The summed E-state index contributed by atoms with van der Waals surface area (Å²) in [6.07, 6.45) is 0. The van der Waals surface area contributed by atoms with Gasteiger partial charge in [-0.3, -0.25) is 30.6 Å². The summed E-state index contributed by atoms with van der Waals surface area (Å²) >= 11 is 3.27. The molecule has 0 fully saturated rings. The molecule has 9 heteroatoms. The third-order valence-electron chi connectivity index (χ3n) is 3.59. The van der Waals surface area contributed by atoms with Crippen LogP contribution in [0.4, 0.5) is 5.69 Å². The lowest BCUT2D eigenvalue weighted by molar-refractivity contribution is -0.384. The molecule has 0 saturated heterocycles. The number of carbonyl (C=O) groups is 2. The molecule has 27 heavy (non-hydrogen) atoms. The lowest BCUT2D eigenvalue weighted by atomic mass is 10.1. The van der Waals surface area contributed by atoms with E-state index >= 15 is 0 Å². The number of nitrogens with one attached hydrogen (secondary N) is 2. The number of rotatable bonds is 4. The van der Waals surface area contributed by atoms with E-state index in [0.717, 1.165) is 4.47 Å². The van der Waals surface area contributed by atoms with Crippen LogP contribution in [-0.4, -0.2) is 16.7 Å². The summed E-state index contributed by atoms with van der Waals surface area (Å²) in [6.45, 7) is 0. The van der Waals surface area contributed by atoms with Crippen LogP contribution in [0.2, 0.25) is 0 Å². The molecule has 0 unspecified atom stereocenters. The Morgan fingerprint density at radius 3 is 2.30 bits per heavy atom. The van der Waals surface area contributed by atoms with Crippen LogP contribution in [0.25, 0.3) is 11.3 Å². The average Bonchev–Trinajstić information content (AvgIpc) is 3.16. The van der Waals surface area contributed by atoms with Crippen LogP contribution in [0.3, 0.4) is 0 Å². The highest BCUT2D eigenvalue weighted by atomic mass is 79.9. The van der Waals surface area contributed by atoms with Crippen LogP contribution >= 0.6 is 15.9 Å². The van der Waals surface area contributed by atoms with Gasteiger partial charge >= 0.3 is 5.91 Å². The second-order valence-corrected chi connectivity index (χ2v) is 6.27. The Balaban J connectivity index is 1.70. The zero-order valence-electron chi connectivity index (χ0n) is 13.6. The van der Waals surface area contributed by atoms with Crippen molar-refractivity contribution >= 4 is 33.4 Å². The highest BCUT2D eigenvalue weighted by Crippen LogP contribution is 2.30. The van der Waals surface area contributed by atoms with E-state index in [1.807, 2.05) is 0 Å². The number of nitro benzene ring substituents is 1. The van der Waals surface area contributed by atoms with E-state index in [9.17, 15) is 19.7 Å². The minimum atomic E-state index is -0.690. The van der Waals surface area contributed by atoms with Crippen LogP contribution in [-0.2, 0) is 0 Å². The second kappa shape index (κ2) is 7.83. The van der Waals surface area contributed by atoms with Gasteiger partial charge < -0.3 is 4.42 Å². The van der Waals surface area contributed by atoms with Gasteiger partial charge in [0, 0.05) is 16.1 Å². The van der Waals surface area contributed by atoms with E-state index in [2.05, 4.69) is 26.8 Å². The zero-order valence-corrected chi connectivity index (χ0v) is 15.2. The molecule has 1 heterocycles. The Morgan fingerprint density at radius 2 is 1.59 bits per heavy atom. The minimum absolute atomic E-state index is 0.0979. The van der Waals surface area contributed by atoms with Gasteiger partial charge in [0.05, 0.1) is 10.5 Å². The van der Waals surface area contributed by atoms with Gasteiger partial charge in [0.2, 0.25) is 0 Å². The Morgan fingerprint density at radius 1 is 0.926 bits per heavy atom. The molecule has 0 bridgehead atoms. The molecular formula is C18H12BrN3O5. The van der Waals surface area contributed by atoms with Crippen LogP contribution in [0.1, 0.15) is 20.9 Å². The van der Waals surface area contributed by atoms with Crippen molar-refractivity contribution in [2.45, 2.75) is 0 Å². The summed E-state index contributed by atoms with van der Waals surface area (Å²) in [7, 11) is 0. The molecule has 0 atom stereocenters. The van der Waals surface area contributed by atoms with Gasteiger partial charge in [-0.25, -0.2) is 0 Å². The van der Waals surface area contributed by atoms with Crippen LogP contribution in [0.5, 0.6) is 0 Å². The van der Waals surface area contributed by atoms with E-state index in [0.29, 0.717) is 5.56 Å². The van der Waals surface area contributed by atoms with E-state index in [-0.39, 0.29) is 22.8 Å². The molecule has 0 aliphatic rings.